The highest BCUT2D eigenvalue weighted by molar-refractivity contribution is 6.20. The van der Waals surface area contributed by atoms with Crippen LogP contribution in [0, 0.1) is 23.2 Å². The molecule has 2 fully saturated rings. The second-order valence-corrected chi connectivity index (χ2v) is 5.89. The molecule has 0 aromatic carbocycles. The largest absolute Gasteiger partial charge is 0.515 e. The number of aliphatic hydroxyl groups is 1. The van der Waals surface area contributed by atoms with Crippen LogP contribution in [0.25, 0.3) is 0 Å². The first-order valence-corrected chi connectivity index (χ1v) is 7.31. The van der Waals surface area contributed by atoms with Gasteiger partial charge in [0.2, 0.25) is 0 Å². The van der Waals surface area contributed by atoms with Crippen LogP contribution in [0.4, 0.5) is 0 Å². The third kappa shape index (κ3) is 3.37. The zero-order valence-corrected chi connectivity index (χ0v) is 11.8. The van der Waals surface area contributed by atoms with Crippen LogP contribution >= 0.6 is 0 Å². The maximum absolute atomic E-state index is 12.1. The number of rotatable bonds is 7. The standard InChI is InChI=1S/C15H24N2O2/c1-3-13(16)12(8-18)15(19)17-9(2)14(10-4-5-10)11-6-7-11/h8-11,14,16,18H,3-7H2,1-2H3,(H,17,19)/b12-8+,16-13?. The van der Waals surface area contributed by atoms with Gasteiger partial charge in [-0.05, 0) is 56.8 Å². The molecule has 1 amide bonds. The highest BCUT2D eigenvalue weighted by Gasteiger charge is 2.44. The summed E-state index contributed by atoms with van der Waals surface area (Å²) in [5, 5.41) is 19.8. The summed E-state index contributed by atoms with van der Waals surface area (Å²) in [4.78, 5) is 12.1. The van der Waals surface area contributed by atoms with Gasteiger partial charge in [0.05, 0.1) is 11.8 Å². The second-order valence-electron chi connectivity index (χ2n) is 5.89. The van der Waals surface area contributed by atoms with E-state index in [0.29, 0.717) is 12.3 Å². The Morgan fingerprint density at radius 2 is 1.89 bits per heavy atom. The van der Waals surface area contributed by atoms with Gasteiger partial charge < -0.3 is 15.8 Å². The SMILES string of the molecule is CCC(=N)/C(=C\O)C(=O)NC(C)C(C1CC1)C1CC1. The Morgan fingerprint density at radius 3 is 2.26 bits per heavy atom. The fourth-order valence-corrected chi connectivity index (χ4v) is 3.01. The molecule has 2 aliphatic carbocycles. The van der Waals surface area contributed by atoms with Crippen LogP contribution in [0.15, 0.2) is 11.8 Å². The Labute approximate surface area is 114 Å². The fourth-order valence-electron chi connectivity index (χ4n) is 3.01. The van der Waals surface area contributed by atoms with Crippen molar-refractivity contribution in [1.82, 2.24) is 5.32 Å². The quantitative estimate of drug-likeness (QED) is 0.376. The summed E-state index contributed by atoms with van der Waals surface area (Å²) in [5.41, 5.74) is 0.279. The molecule has 2 rings (SSSR count). The summed E-state index contributed by atoms with van der Waals surface area (Å²) in [7, 11) is 0. The zero-order chi connectivity index (χ0) is 14.0. The van der Waals surface area contributed by atoms with Crippen LogP contribution in [-0.4, -0.2) is 22.8 Å². The molecule has 1 atom stereocenters. The van der Waals surface area contributed by atoms with Crippen LogP contribution in [-0.2, 0) is 4.79 Å². The molecule has 0 radical (unpaired) electrons. The molecule has 0 aliphatic heterocycles. The molecule has 106 valence electrons. The molecule has 2 aliphatic rings. The lowest BCUT2D eigenvalue weighted by atomic mass is 9.90. The van der Waals surface area contributed by atoms with Crippen molar-refractivity contribution in [2.75, 3.05) is 0 Å². The highest BCUT2D eigenvalue weighted by Crippen LogP contribution is 2.50. The Balaban J connectivity index is 1.95. The molecule has 4 nitrogen and oxygen atoms in total. The molecule has 19 heavy (non-hydrogen) atoms. The van der Waals surface area contributed by atoms with E-state index < -0.39 is 0 Å². The number of aliphatic hydroxyl groups excluding tert-OH is 1. The minimum absolute atomic E-state index is 0.0969. The van der Waals surface area contributed by atoms with Crippen molar-refractivity contribution in [1.29, 1.82) is 5.41 Å². The van der Waals surface area contributed by atoms with Gasteiger partial charge in [0.15, 0.2) is 0 Å². The predicted octanol–water partition coefficient (Wildman–Crippen LogP) is 2.80. The van der Waals surface area contributed by atoms with Crippen LogP contribution in [0.3, 0.4) is 0 Å². The number of hydrogen-bond donors (Lipinski definition) is 3. The van der Waals surface area contributed by atoms with E-state index in [9.17, 15) is 4.79 Å². The van der Waals surface area contributed by atoms with E-state index in [1.165, 1.54) is 25.7 Å². The molecular weight excluding hydrogens is 240 g/mol. The molecule has 3 N–H and O–H groups in total. The number of carbonyl (C=O) groups excluding carboxylic acids is 1. The van der Waals surface area contributed by atoms with Crippen molar-refractivity contribution in [2.45, 2.75) is 52.0 Å². The number of nitrogens with one attached hydrogen (secondary N) is 2. The minimum atomic E-state index is -0.312. The molecule has 0 spiro atoms. The van der Waals surface area contributed by atoms with Crippen LogP contribution in [0.5, 0.6) is 0 Å². The van der Waals surface area contributed by atoms with Crippen LogP contribution in [0.2, 0.25) is 0 Å². The van der Waals surface area contributed by atoms with Gasteiger partial charge in [-0.3, -0.25) is 4.79 Å². The molecule has 0 aromatic rings. The average molecular weight is 264 g/mol. The Morgan fingerprint density at radius 1 is 1.37 bits per heavy atom. The number of carbonyl (C=O) groups is 1. The second kappa shape index (κ2) is 5.76. The average Bonchev–Trinajstić information content (AvgIpc) is 3.23. The minimum Gasteiger partial charge on any atom is -0.515 e. The van der Waals surface area contributed by atoms with Gasteiger partial charge in [0.25, 0.3) is 5.91 Å². The Kier molecular flexibility index (Phi) is 4.27. The van der Waals surface area contributed by atoms with Gasteiger partial charge in [-0.15, -0.1) is 0 Å². The van der Waals surface area contributed by atoms with E-state index in [0.717, 1.165) is 18.1 Å². The van der Waals surface area contributed by atoms with E-state index >= 15 is 0 Å². The van der Waals surface area contributed by atoms with Crippen LogP contribution in [0.1, 0.15) is 46.0 Å². The van der Waals surface area contributed by atoms with Gasteiger partial charge in [0, 0.05) is 11.8 Å². The third-order valence-corrected chi connectivity index (χ3v) is 4.32. The summed E-state index contributed by atoms with van der Waals surface area (Å²) in [5.74, 6) is 1.82. The maximum Gasteiger partial charge on any atom is 0.256 e. The smallest absolute Gasteiger partial charge is 0.256 e. The monoisotopic (exact) mass is 264 g/mol. The van der Waals surface area contributed by atoms with Gasteiger partial charge in [-0.1, -0.05) is 6.92 Å². The molecule has 0 heterocycles. The lowest BCUT2D eigenvalue weighted by Crippen LogP contribution is -2.41. The van der Waals surface area contributed by atoms with E-state index in [1.54, 1.807) is 6.92 Å². The molecule has 0 bridgehead atoms. The molecular formula is C15H24N2O2. The van der Waals surface area contributed by atoms with Gasteiger partial charge in [0.1, 0.15) is 0 Å². The first-order valence-electron chi connectivity index (χ1n) is 7.31. The van der Waals surface area contributed by atoms with Crippen molar-refractivity contribution in [3.05, 3.63) is 11.8 Å². The van der Waals surface area contributed by atoms with Crippen molar-refractivity contribution in [3.8, 4) is 0 Å². The summed E-state index contributed by atoms with van der Waals surface area (Å²) in [6.45, 7) is 3.86. The van der Waals surface area contributed by atoms with Crippen molar-refractivity contribution in [2.24, 2.45) is 17.8 Å². The predicted molar refractivity (Wildman–Crippen MR) is 75.3 cm³/mol. The molecule has 2 saturated carbocycles. The summed E-state index contributed by atoms with van der Waals surface area (Å²) in [6, 6.07) is 0.132. The normalized spacial score (nSPS) is 21.3. The molecule has 4 heteroatoms. The third-order valence-electron chi connectivity index (χ3n) is 4.32. The first kappa shape index (κ1) is 14.1. The molecule has 0 aromatic heterocycles. The van der Waals surface area contributed by atoms with Crippen molar-refractivity contribution >= 4 is 11.6 Å². The summed E-state index contributed by atoms with van der Waals surface area (Å²) < 4.78 is 0. The highest BCUT2D eigenvalue weighted by atomic mass is 16.2. The lowest BCUT2D eigenvalue weighted by molar-refractivity contribution is -0.118. The van der Waals surface area contributed by atoms with Gasteiger partial charge in [-0.25, -0.2) is 0 Å². The Bertz CT molecular complexity index is 383. The van der Waals surface area contributed by atoms with Gasteiger partial charge >= 0.3 is 0 Å². The van der Waals surface area contributed by atoms with Crippen molar-refractivity contribution in [3.63, 3.8) is 0 Å². The lowest BCUT2D eigenvalue weighted by Gasteiger charge is -2.25. The summed E-state index contributed by atoms with van der Waals surface area (Å²) in [6.07, 6.45) is 6.35. The van der Waals surface area contributed by atoms with Crippen LogP contribution < -0.4 is 5.32 Å². The molecule has 0 saturated heterocycles. The summed E-state index contributed by atoms with van der Waals surface area (Å²) >= 11 is 0. The van der Waals surface area contributed by atoms with Gasteiger partial charge in [-0.2, -0.15) is 0 Å². The van der Waals surface area contributed by atoms with Crippen molar-refractivity contribution < 1.29 is 9.90 Å². The number of amides is 1. The van der Waals surface area contributed by atoms with E-state index in [-0.39, 0.29) is 23.2 Å². The topological polar surface area (TPSA) is 73.2 Å². The Hall–Kier alpha value is -1.32. The first-order chi connectivity index (χ1) is 9.08. The van der Waals surface area contributed by atoms with E-state index in [4.69, 9.17) is 10.5 Å². The number of hydrogen-bond acceptors (Lipinski definition) is 3. The fraction of sp³-hybridized carbons (Fsp3) is 0.733. The van der Waals surface area contributed by atoms with E-state index in [1.807, 2.05) is 0 Å². The van der Waals surface area contributed by atoms with E-state index in [2.05, 4.69) is 12.2 Å². The molecule has 1 unspecified atom stereocenters. The zero-order valence-electron chi connectivity index (χ0n) is 11.8. The maximum atomic E-state index is 12.1.